The van der Waals surface area contributed by atoms with Crippen LogP contribution in [0.2, 0.25) is 0 Å². The fourth-order valence-electron chi connectivity index (χ4n) is 4.06. The van der Waals surface area contributed by atoms with Crippen molar-refractivity contribution in [3.05, 3.63) is 42.1 Å². The van der Waals surface area contributed by atoms with Crippen molar-refractivity contribution in [2.75, 3.05) is 36.4 Å². The van der Waals surface area contributed by atoms with E-state index < -0.39 is 0 Å². The van der Waals surface area contributed by atoms with Crippen molar-refractivity contribution in [1.82, 2.24) is 14.9 Å². The minimum atomic E-state index is 0.343. The van der Waals surface area contributed by atoms with Crippen LogP contribution in [0.4, 0.5) is 11.8 Å². The molecule has 1 unspecified atom stereocenters. The van der Waals surface area contributed by atoms with E-state index in [2.05, 4.69) is 20.1 Å². The SMILES string of the molecule is Oc1ccccc1CN1CCC(Nc2nccc(N3CCCCCC3)n2)C1. The average molecular weight is 367 g/mol. The summed E-state index contributed by atoms with van der Waals surface area (Å²) < 4.78 is 0. The van der Waals surface area contributed by atoms with Gasteiger partial charge in [0.2, 0.25) is 5.95 Å². The third kappa shape index (κ3) is 4.69. The summed E-state index contributed by atoms with van der Waals surface area (Å²) in [6.45, 7) is 4.91. The van der Waals surface area contributed by atoms with Crippen LogP contribution in [0.25, 0.3) is 0 Å². The molecule has 1 aromatic heterocycles. The lowest BCUT2D eigenvalue weighted by Gasteiger charge is -2.22. The van der Waals surface area contributed by atoms with Crippen LogP contribution in [-0.4, -0.2) is 52.2 Å². The molecule has 2 saturated heterocycles. The number of nitrogens with one attached hydrogen (secondary N) is 1. The maximum absolute atomic E-state index is 9.98. The second-order valence-corrected chi connectivity index (χ2v) is 7.63. The Bertz CT molecular complexity index is 745. The van der Waals surface area contributed by atoms with E-state index in [1.54, 1.807) is 6.07 Å². The van der Waals surface area contributed by atoms with Crippen molar-refractivity contribution >= 4 is 11.8 Å². The molecule has 2 aliphatic heterocycles. The summed E-state index contributed by atoms with van der Waals surface area (Å²) in [5.74, 6) is 2.15. The first-order chi connectivity index (χ1) is 13.3. The minimum absolute atomic E-state index is 0.343. The predicted octanol–water partition coefficient (Wildman–Crippen LogP) is 3.25. The number of hydrogen-bond donors (Lipinski definition) is 2. The first kappa shape index (κ1) is 18.0. The van der Waals surface area contributed by atoms with Gasteiger partial charge in [0.25, 0.3) is 0 Å². The van der Waals surface area contributed by atoms with Crippen molar-refractivity contribution < 1.29 is 5.11 Å². The number of phenolic OH excluding ortho intramolecular Hbond substituents is 1. The van der Waals surface area contributed by atoms with Gasteiger partial charge in [-0.2, -0.15) is 4.98 Å². The normalized spacial score (nSPS) is 21.2. The van der Waals surface area contributed by atoms with Crippen LogP contribution in [0.15, 0.2) is 36.5 Å². The Morgan fingerprint density at radius 3 is 2.67 bits per heavy atom. The molecule has 2 N–H and O–H groups in total. The van der Waals surface area contributed by atoms with Crippen molar-refractivity contribution in [2.45, 2.75) is 44.7 Å². The molecule has 6 heteroatoms. The molecule has 3 heterocycles. The van der Waals surface area contributed by atoms with E-state index in [-0.39, 0.29) is 0 Å². The van der Waals surface area contributed by atoms with Gasteiger partial charge in [-0.1, -0.05) is 31.0 Å². The Kier molecular flexibility index (Phi) is 5.72. The topological polar surface area (TPSA) is 64.5 Å². The molecule has 2 fully saturated rings. The van der Waals surface area contributed by atoms with Gasteiger partial charge >= 0.3 is 0 Å². The maximum Gasteiger partial charge on any atom is 0.224 e. The van der Waals surface area contributed by atoms with E-state index >= 15 is 0 Å². The Morgan fingerprint density at radius 2 is 1.85 bits per heavy atom. The molecule has 0 radical (unpaired) electrons. The summed E-state index contributed by atoms with van der Waals surface area (Å²) in [5.41, 5.74) is 0.984. The van der Waals surface area contributed by atoms with Crippen molar-refractivity contribution in [3.8, 4) is 5.75 Å². The predicted molar refractivity (Wildman–Crippen MR) is 108 cm³/mol. The van der Waals surface area contributed by atoms with Gasteiger partial charge < -0.3 is 15.3 Å². The number of rotatable bonds is 5. The van der Waals surface area contributed by atoms with E-state index in [4.69, 9.17) is 4.98 Å². The lowest BCUT2D eigenvalue weighted by atomic mass is 10.2. The third-order valence-electron chi connectivity index (χ3n) is 5.56. The van der Waals surface area contributed by atoms with Gasteiger partial charge in [0, 0.05) is 50.5 Å². The zero-order chi connectivity index (χ0) is 18.5. The quantitative estimate of drug-likeness (QED) is 0.846. The summed E-state index contributed by atoms with van der Waals surface area (Å²) in [6, 6.07) is 9.95. The van der Waals surface area contributed by atoms with Crippen LogP contribution in [0.1, 0.15) is 37.7 Å². The Labute approximate surface area is 161 Å². The second-order valence-electron chi connectivity index (χ2n) is 7.63. The molecule has 1 atom stereocenters. The van der Waals surface area contributed by atoms with Crippen LogP contribution in [0.3, 0.4) is 0 Å². The molecule has 4 rings (SSSR count). The number of nitrogens with zero attached hydrogens (tertiary/aromatic N) is 4. The number of hydrogen-bond acceptors (Lipinski definition) is 6. The number of para-hydroxylation sites is 1. The molecule has 0 amide bonds. The lowest BCUT2D eigenvalue weighted by Crippen LogP contribution is -2.28. The number of anilines is 2. The molecule has 0 spiro atoms. The third-order valence-corrected chi connectivity index (χ3v) is 5.56. The molecule has 2 aliphatic rings. The standard InChI is InChI=1S/C21H29N5O/c27-19-8-4-3-7-17(19)15-25-14-10-18(16-25)23-21-22-11-9-20(24-21)26-12-5-1-2-6-13-26/h3-4,7-9,11,18,27H,1-2,5-6,10,12-16H2,(H,22,23,24). The summed E-state index contributed by atoms with van der Waals surface area (Å²) >= 11 is 0. The van der Waals surface area contributed by atoms with E-state index in [9.17, 15) is 5.11 Å². The molecular weight excluding hydrogens is 338 g/mol. The summed E-state index contributed by atoms with van der Waals surface area (Å²) in [4.78, 5) is 14.0. The van der Waals surface area contributed by atoms with Crippen LogP contribution in [-0.2, 0) is 6.54 Å². The molecule has 6 nitrogen and oxygen atoms in total. The second kappa shape index (κ2) is 8.57. The zero-order valence-electron chi connectivity index (χ0n) is 15.8. The van der Waals surface area contributed by atoms with Crippen LogP contribution in [0, 0.1) is 0 Å². The molecule has 0 bridgehead atoms. The number of aromatic hydroxyl groups is 1. The molecule has 27 heavy (non-hydrogen) atoms. The van der Waals surface area contributed by atoms with Gasteiger partial charge in [-0.3, -0.25) is 4.90 Å². The van der Waals surface area contributed by atoms with Crippen LogP contribution >= 0.6 is 0 Å². The monoisotopic (exact) mass is 367 g/mol. The highest BCUT2D eigenvalue weighted by Gasteiger charge is 2.24. The van der Waals surface area contributed by atoms with Gasteiger partial charge in [-0.25, -0.2) is 4.98 Å². The number of aromatic nitrogens is 2. The van der Waals surface area contributed by atoms with Gasteiger partial charge in [0.15, 0.2) is 0 Å². The molecule has 2 aromatic rings. The fourth-order valence-corrected chi connectivity index (χ4v) is 4.06. The summed E-state index contributed by atoms with van der Waals surface area (Å²) in [5, 5.41) is 13.5. The van der Waals surface area contributed by atoms with Gasteiger partial charge in [0.05, 0.1) is 0 Å². The number of phenols is 1. The highest BCUT2D eigenvalue weighted by atomic mass is 16.3. The van der Waals surface area contributed by atoms with Crippen LogP contribution in [0.5, 0.6) is 5.75 Å². The van der Waals surface area contributed by atoms with Gasteiger partial charge in [-0.15, -0.1) is 0 Å². The first-order valence-electron chi connectivity index (χ1n) is 10.1. The molecule has 1 aromatic carbocycles. The first-order valence-corrected chi connectivity index (χ1v) is 10.1. The Balaban J connectivity index is 1.34. The number of benzene rings is 1. The van der Waals surface area contributed by atoms with Crippen molar-refractivity contribution in [2.24, 2.45) is 0 Å². The fraction of sp³-hybridized carbons (Fsp3) is 0.524. The highest BCUT2D eigenvalue weighted by molar-refractivity contribution is 5.43. The highest BCUT2D eigenvalue weighted by Crippen LogP contribution is 2.22. The largest absolute Gasteiger partial charge is 0.508 e. The molecule has 144 valence electrons. The maximum atomic E-state index is 9.98. The molecule has 0 aliphatic carbocycles. The van der Waals surface area contributed by atoms with E-state index in [0.29, 0.717) is 11.8 Å². The zero-order valence-corrected chi connectivity index (χ0v) is 15.8. The van der Waals surface area contributed by atoms with Gasteiger partial charge in [-0.05, 0) is 31.4 Å². The van der Waals surface area contributed by atoms with E-state index in [1.807, 2.05) is 30.5 Å². The average Bonchev–Trinajstić information content (AvgIpc) is 2.94. The minimum Gasteiger partial charge on any atom is -0.508 e. The number of likely N-dealkylation sites (tertiary alicyclic amines) is 1. The van der Waals surface area contributed by atoms with Crippen LogP contribution < -0.4 is 10.2 Å². The summed E-state index contributed by atoms with van der Waals surface area (Å²) in [7, 11) is 0. The Morgan fingerprint density at radius 1 is 1.04 bits per heavy atom. The van der Waals surface area contributed by atoms with E-state index in [1.165, 1.54) is 25.7 Å². The van der Waals surface area contributed by atoms with Crippen molar-refractivity contribution in [3.63, 3.8) is 0 Å². The van der Waals surface area contributed by atoms with E-state index in [0.717, 1.165) is 56.5 Å². The molecular formula is C21H29N5O. The molecule has 0 saturated carbocycles. The lowest BCUT2D eigenvalue weighted by molar-refractivity contribution is 0.321. The van der Waals surface area contributed by atoms with Gasteiger partial charge in [0.1, 0.15) is 11.6 Å². The Hall–Kier alpha value is -2.34. The summed E-state index contributed by atoms with van der Waals surface area (Å²) in [6.07, 6.45) is 8.06. The smallest absolute Gasteiger partial charge is 0.224 e. The van der Waals surface area contributed by atoms with Crippen molar-refractivity contribution in [1.29, 1.82) is 0 Å².